The standard InChI is InChI=1S/C28H44N2O8.C5H12O/c1-26(2,3)37-23(33)13-16-28(15-10-18-31,17-14-24(34)38-27(4,5)6)30-22(32)19-29-25(35)36-20-21-11-8-7-9-12-21;1-5(2,3)6-4/h8,11-12,18H,7,9-10,13-17,19-20H2,1-6H3,(H,29,35)(H,30,32);1-4H3. The van der Waals surface area contributed by atoms with Crippen LogP contribution in [0.1, 0.15) is 114 Å². The van der Waals surface area contributed by atoms with Crippen molar-refractivity contribution in [1.29, 1.82) is 0 Å². The second kappa shape index (κ2) is 19.2. The van der Waals surface area contributed by atoms with Crippen LogP contribution >= 0.6 is 0 Å². The van der Waals surface area contributed by atoms with Crippen molar-refractivity contribution in [1.82, 2.24) is 10.6 Å². The Labute approximate surface area is 263 Å². The van der Waals surface area contributed by atoms with E-state index < -0.39 is 40.7 Å². The summed E-state index contributed by atoms with van der Waals surface area (Å²) in [5.41, 5.74) is -1.52. The summed E-state index contributed by atoms with van der Waals surface area (Å²) in [6, 6.07) is 0. The van der Waals surface area contributed by atoms with E-state index in [1.165, 1.54) is 0 Å². The maximum absolute atomic E-state index is 12.9. The normalized spacial score (nSPS) is 13.5. The predicted octanol–water partition coefficient (Wildman–Crippen LogP) is 5.50. The number of nitrogens with one attached hydrogen (secondary N) is 2. The smallest absolute Gasteiger partial charge is 0.407 e. The van der Waals surface area contributed by atoms with Crippen LogP contribution in [-0.2, 0) is 38.1 Å². The van der Waals surface area contributed by atoms with Gasteiger partial charge in [-0.15, -0.1) is 0 Å². The molecule has 11 nitrogen and oxygen atoms in total. The molecule has 0 fully saturated rings. The van der Waals surface area contributed by atoms with E-state index in [0.29, 0.717) is 6.29 Å². The van der Waals surface area contributed by atoms with E-state index in [0.717, 1.165) is 18.4 Å². The van der Waals surface area contributed by atoms with Gasteiger partial charge in [0, 0.05) is 31.9 Å². The molecule has 0 bridgehead atoms. The number of carbonyl (C=O) groups excluding carboxylic acids is 5. The minimum absolute atomic E-state index is 0.0389. The lowest BCUT2D eigenvalue weighted by Gasteiger charge is -2.35. The summed E-state index contributed by atoms with van der Waals surface area (Å²) in [5, 5.41) is 5.27. The monoisotopic (exact) mass is 624 g/mol. The lowest BCUT2D eigenvalue weighted by molar-refractivity contribution is -0.155. The predicted molar refractivity (Wildman–Crippen MR) is 169 cm³/mol. The molecule has 0 spiro atoms. The number of alkyl carbamates (subject to hydrolysis) is 1. The summed E-state index contributed by atoms with van der Waals surface area (Å²) in [6.07, 6.45) is 8.15. The zero-order valence-electron chi connectivity index (χ0n) is 28.6. The number of esters is 2. The second-order valence-corrected chi connectivity index (χ2v) is 13.7. The Morgan fingerprint density at radius 2 is 1.34 bits per heavy atom. The molecule has 0 aromatic carbocycles. The molecular weight excluding hydrogens is 568 g/mol. The molecule has 252 valence electrons. The lowest BCUT2D eigenvalue weighted by atomic mass is 9.83. The van der Waals surface area contributed by atoms with Gasteiger partial charge in [-0.25, -0.2) is 4.79 Å². The number of methoxy groups -OCH3 is 1. The van der Waals surface area contributed by atoms with Gasteiger partial charge in [0.1, 0.15) is 30.6 Å². The topological polar surface area (TPSA) is 146 Å². The molecule has 2 amide bonds. The third-order valence-electron chi connectivity index (χ3n) is 6.05. The number of hydrogen-bond acceptors (Lipinski definition) is 9. The molecule has 0 atom stereocenters. The summed E-state index contributed by atoms with van der Waals surface area (Å²) in [4.78, 5) is 61.0. The van der Waals surface area contributed by atoms with E-state index in [1.807, 2.05) is 39.0 Å². The molecule has 0 radical (unpaired) electrons. The van der Waals surface area contributed by atoms with E-state index in [4.69, 9.17) is 18.9 Å². The SMILES string of the molecule is CC(C)(C)OC(=O)CCC(CCC=O)(CCC(=O)OC(C)(C)C)NC(=O)CNC(=O)OCC1=CCCC=C1.COC(C)(C)C. The van der Waals surface area contributed by atoms with Crippen LogP contribution < -0.4 is 10.6 Å². The number of amides is 2. The van der Waals surface area contributed by atoms with E-state index in [1.54, 1.807) is 48.7 Å². The summed E-state index contributed by atoms with van der Waals surface area (Å²) < 4.78 is 20.9. The average molecular weight is 625 g/mol. The van der Waals surface area contributed by atoms with Crippen LogP contribution in [0.4, 0.5) is 4.79 Å². The van der Waals surface area contributed by atoms with Crippen LogP contribution in [0.5, 0.6) is 0 Å². The summed E-state index contributed by atoms with van der Waals surface area (Å²) >= 11 is 0. The molecule has 0 saturated heterocycles. The first kappa shape index (κ1) is 40.8. The highest BCUT2D eigenvalue weighted by Crippen LogP contribution is 2.27. The summed E-state index contributed by atoms with van der Waals surface area (Å²) in [5.74, 6) is -1.47. The molecule has 44 heavy (non-hydrogen) atoms. The van der Waals surface area contributed by atoms with Gasteiger partial charge in [-0.2, -0.15) is 0 Å². The summed E-state index contributed by atoms with van der Waals surface area (Å²) in [7, 11) is 1.71. The van der Waals surface area contributed by atoms with Crippen molar-refractivity contribution in [2.24, 2.45) is 0 Å². The molecule has 2 N–H and O–H groups in total. The molecule has 1 rings (SSSR count). The Morgan fingerprint density at radius 3 is 1.75 bits per heavy atom. The first-order chi connectivity index (χ1) is 20.2. The van der Waals surface area contributed by atoms with Crippen molar-refractivity contribution in [2.75, 3.05) is 20.3 Å². The maximum Gasteiger partial charge on any atom is 0.407 e. The first-order valence-corrected chi connectivity index (χ1v) is 15.2. The minimum Gasteiger partial charge on any atom is -0.460 e. The number of allylic oxidation sites excluding steroid dienone is 2. The van der Waals surface area contributed by atoms with Crippen LogP contribution in [0.25, 0.3) is 0 Å². The van der Waals surface area contributed by atoms with Gasteiger partial charge in [0.05, 0.1) is 5.60 Å². The molecule has 0 unspecified atom stereocenters. The van der Waals surface area contributed by atoms with Gasteiger partial charge in [0.25, 0.3) is 0 Å². The van der Waals surface area contributed by atoms with Crippen molar-refractivity contribution in [3.63, 3.8) is 0 Å². The third kappa shape index (κ3) is 22.3. The zero-order valence-corrected chi connectivity index (χ0v) is 28.6. The highest BCUT2D eigenvalue weighted by molar-refractivity contribution is 5.83. The Morgan fingerprint density at radius 1 is 0.818 bits per heavy atom. The van der Waals surface area contributed by atoms with Gasteiger partial charge in [0.2, 0.25) is 5.91 Å². The largest absolute Gasteiger partial charge is 0.460 e. The van der Waals surface area contributed by atoms with Gasteiger partial charge >= 0.3 is 18.0 Å². The summed E-state index contributed by atoms with van der Waals surface area (Å²) in [6.45, 7) is 16.3. The molecule has 1 aliphatic carbocycles. The van der Waals surface area contributed by atoms with Crippen LogP contribution in [0.3, 0.4) is 0 Å². The van der Waals surface area contributed by atoms with Crippen molar-refractivity contribution in [2.45, 2.75) is 136 Å². The van der Waals surface area contributed by atoms with Gasteiger partial charge in [0.15, 0.2) is 0 Å². The Balaban J connectivity index is 0.00000278. The molecule has 1 aliphatic rings. The first-order valence-electron chi connectivity index (χ1n) is 15.2. The molecule has 0 aliphatic heterocycles. The maximum atomic E-state index is 12.9. The average Bonchev–Trinajstić information content (AvgIpc) is 2.90. The fourth-order valence-corrected chi connectivity index (χ4v) is 3.83. The van der Waals surface area contributed by atoms with E-state index >= 15 is 0 Å². The van der Waals surface area contributed by atoms with Crippen LogP contribution in [-0.4, -0.2) is 72.8 Å². The highest BCUT2D eigenvalue weighted by atomic mass is 16.6. The van der Waals surface area contributed by atoms with Gasteiger partial charge in [-0.3, -0.25) is 14.4 Å². The second-order valence-electron chi connectivity index (χ2n) is 13.7. The van der Waals surface area contributed by atoms with E-state index in [-0.39, 0.29) is 57.3 Å². The molecule has 0 aromatic rings. The van der Waals surface area contributed by atoms with Crippen LogP contribution in [0.2, 0.25) is 0 Å². The number of rotatable bonds is 14. The van der Waals surface area contributed by atoms with E-state index in [2.05, 4.69) is 10.6 Å². The van der Waals surface area contributed by atoms with Crippen molar-refractivity contribution >= 4 is 30.2 Å². The van der Waals surface area contributed by atoms with Gasteiger partial charge in [-0.1, -0.05) is 18.2 Å². The molecule has 11 heteroatoms. The third-order valence-corrected chi connectivity index (χ3v) is 6.05. The fourth-order valence-electron chi connectivity index (χ4n) is 3.83. The van der Waals surface area contributed by atoms with Crippen LogP contribution in [0.15, 0.2) is 23.8 Å². The molecule has 0 heterocycles. The van der Waals surface area contributed by atoms with Gasteiger partial charge in [-0.05, 0) is 100.0 Å². The highest BCUT2D eigenvalue weighted by Gasteiger charge is 2.34. The molecule has 0 aromatic heterocycles. The zero-order chi connectivity index (χ0) is 34.0. The van der Waals surface area contributed by atoms with Crippen molar-refractivity contribution in [3.8, 4) is 0 Å². The van der Waals surface area contributed by atoms with E-state index in [9.17, 15) is 24.0 Å². The molecular formula is C33H56N2O9. The van der Waals surface area contributed by atoms with Gasteiger partial charge < -0.3 is 34.4 Å². The quantitative estimate of drug-likeness (QED) is 0.145. The number of carbonyl (C=O) groups is 5. The van der Waals surface area contributed by atoms with Crippen molar-refractivity contribution in [3.05, 3.63) is 23.8 Å². The number of ether oxygens (including phenoxy) is 4. The Hall–Kier alpha value is -3.21. The fraction of sp³-hybridized carbons (Fsp3) is 0.727. The number of hydrogen-bond donors (Lipinski definition) is 2. The number of aldehydes is 1. The lowest BCUT2D eigenvalue weighted by Crippen LogP contribution is -2.52. The van der Waals surface area contributed by atoms with Crippen LogP contribution in [0, 0.1) is 0 Å². The Kier molecular flexibility index (Phi) is 17.8. The molecule has 0 saturated carbocycles. The minimum atomic E-state index is -1.07. The Bertz CT molecular complexity index is 964. The van der Waals surface area contributed by atoms with Crippen molar-refractivity contribution < 1.29 is 42.9 Å².